The molecule has 2 aromatic rings. The number of aliphatic hydroxyl groups is 1. The molecule has 0 saturated heterocycles. The summed E-state index contributed by atoms with van der Waals surface area (Å²) in [5, 5.41) is 12.9. The van der Waals surface area contributed by atoms with Crippen molar-refractivity contribution >= 4 is 34.9 Å². The second-order valence-corrected chi connectivity index (χ2v) is 5.36. The molecule has 0 saturated carbocycles. The smallest absolute Gasteiger partial charge is 0.309 e. The number of esters is 1. The minimum atomic E-state index is -0.534. The molecule has 0 aliphatic rings. The minimum Gasteiger partial charge on any atom is -0.507 e. The van der Waals surface area contributed by atoms with Crippen LogP contribution in [0.15, 0.2) is 54.6 Å². The van der Waals surface area contributed by atoms with Gasteiger partial charge in [0.1, 0.15) is 5.76 Å². The average molecular weight is 346 g/mol. The number of aliphatic hydroxyl groups excluding tert-OH is 1. The van der Waals surface area contributed by atoms with Crippen LogP contribution in [0.4, 0.5) is 5.69 Å². The normalized spacial score (nSPS) is 11.0. The number of ether oxygens (including phenoxy) is 1. The fraction of sp³-hybridized carbons (Fsp3) is 0.111. The number of anilines is 1. The summed E-state index contributed by atoms with van der Waals surface area (Å²) in [7, 11) is 1.30. The van der Waals surface area contributed by atoms with Crippen LogP contribution in [0, 0.1) is 0 Å². The maximum atomic E-state index is 12.0. The van der Waals surface area contributed by atoms with Gasteiger partial charge in [0, 0.05) is 11.6 Å². The zero-order valence-electron chi connectivity index (χ0n) is 13.0. The quantitative estimate of drug-likeness (QED) is 0.493. The van der Waals surface area contributed by atoms with Crippen molar-refractivity contribution in [1.82, 2.24) is 0 Å². The first-order chi connectivity index (χ1) is 11.5. The van der Waals surface area contributed by atoms with Crippen LogP contribution >= 0.6 is 11.6 Å². The van der Waals surface area contributed by atoms with E-state index in [0.717, 1.165) is 6.08 Å². The third-order valence-corrected chi connectivity index (χ3v) is 3.53. The number of rotatable bonds is 5. The van der Waals surface area contributed by atoms with Crippen LogP contribution in [0.3, 0.4) is 0 Å². The van der Waals surface area contributed by atoms with E-state index in [2.05, 4.69) is 10.1 Å². The highest BCUT2D eigenvalue weighted by molar-refractivity contribution is 6.33. The number of carbonyl (C=O) groups is 2. The molecule has 2 aromatic carbocycles. The van der Waals surface area contributed by atoms with E-state index in [9.17, 15) is 14.7 Å². The average Bonchev–Trinajstić information content (AvgIpc) is 2.58. The van der Waals surface area contributed by atoms with Crippen molar-refractivity contribution in [1.29, 1.82) is 0 Å². The van der Waals surface area contributed by atoms with Crippen LogP contribution in [0.5, 0.6) is 0 Å². The lowest BCUT2D eigenvalue weighted by molar-refractivity contribution is -0.139. The van der Waals surface area contributed by atoms with E-state index in [1.54, 1.807) is 42.5 Å². The van der Waals surface area contributed by atoms with Crippen LogP contribution in [-0.4, -0.2) is 24.1 Å². The summed E-state index contributed by atoms with van der Waals surface area (Å²) in [6.45, 7) is 0. The third kappa shape index (κ3) is 4.86. The molecule has 0 bridgehead atoms. The van der Waals surface area contributed by atoms with Gasteiger partial charge in [-0.05, 0) is 17.7 Å². The lowest BCUT2D eigenvalue weighted by Crippen LogP contribution is -2.10. The largest absolute Gasteiger partial charge is 0.507 e. The topological polar surface area (TPSA) is 75.6 Å². The van der Waals surface area contributed by atoms with E-state index in [1.165, 1.54) is 7.11 Å². The number of methoxy groups -OCH3 is 1. The molecule has 6 heteroatoms. The molecule has 0 unspecified atom stereocenters. The van der Waals surface area contributed by atoms with Gasteiger partial charge in [0.2, 0.25) is 0 Å². The zero-order valence-corrected chi connectivity index (χ0v) is 13.7. The van der Waals surface area contributed by atoms with Gasteiger partial charge in [0.25, 0.3) is 5.91 Å². The van der Waals surface area contributed by atoms with Crippen molar-refractivity contribution in [3.8, 4) is 0 Å². The van der Waals surface area contributed by atoms with Crippen molar-refractivity contribution in [2.45, 2.75) is 6.42 Å². The van der Waals surface area contributed by atoms with Crippen molar-refractivity contribution in [2.75, 3.05) is 12.4 Å². The second kappa shape index (κ2) is 8.17. The Labute approximate surface area is 144 Å². The van der Waals surface area contributed by atoms with Gasteiger partial charge in [-0.15, -0.1) is 0 Å². The summed E-state index contributed by atoms with van der Waals surface area (Å²) in [6, 6.07) is 13.5. The highest BCUT2D eigenvalue weighted by Crippen LogP contribution is 2.24. The summed E-state index contributed by atoms with van der Waals surface area (Å²) >= 11 is 6.05. The monoisotopic (exact) mass is 345 g/mol. The molecule has 1 amide bonds. The predicted octanol–water partition coefficient (Wildman–Crippen LogP) is 3.59. The summed E-state index contributed by atoms with van der Waals surface area (Å²) in [5.74, 6) is -1.08. The molecule has 0 atom stereocenters. The first-order valence-corrected chi connectivity index (χ1v) is 7.49. The molecule has 124 valence electrons. The van der Waals surface area contributed by atoms with Gasteiger partial charge in [-0.3, -0.25) is 9.59 Å². The first-order valence-electron chi connectivity index (χ1n) is 7.12. The maximum absolute atomic E-state index is 12.0. The molecule has 2 rings (SSSR count). The molecule has 0 aliphatic heterocycles. The van der Waals surface area contributed by atoms with Crippen LogP contribution in [0.1, 0.15) is 11.1 Å². The molecule has 2 N–H and O–H groups in total. The lowest BCUT2D eigenvalue weighted by atomic mass is 10.1. The highest BCUT2D eigenvalue weighted by atomic mass is 35.5. The fourth-order valence-corrected chi connectivity index (χ4v) is 2.17. The molecule has 0 heterocycles. The van der Waals surface area contributed by atoms with E-state index in [1.807, 2.05) is 6.07 Å². The van der Waals surface area contributed by atoms with Gasteiger partial charge in [-0.25, -0.2) is 0 Å². The second-order valence-electron chi connectivity index (χ2n) is 4.95. The SMILES string of the molecule is COC(=O)Cc1ccc(Cl)c(NC(=O)C=C(O)c2ccccc2)c1. The Balaban J connectivity index is 2.13. The Hall–Kier alpha value is -2.79. The summed E-state index contributed by atoms with van der Waals surface area (Å²) in [6.07, 6.45) is 1.14. The predicted molar refractivity (Wildman–Crippen MR) is 92.8 cm³/mol. The summed E-state index contributed by atoms with van der Waals surface area (Å²) < 4.78 is 4.61. The van der Waals surface area contributed by atoms with Gasteiger partial charge >= 0.3 is 5.97 Å². The van der Waals surface area contributed by atoms with Crippen molar-refractivity contribution in [3.05, 3.63) is 70.8 Å². The number of carbonyl (C=O) groups excluding carboxylic acids is 2. The van der Waals surface area contributed by atoms with Gasteiger partial charge in [0.15, 0.2) is 0 Å². The van der Waals surface area contributed by atoms with Gasteiger partial charge in [-0.1, -0.05) is 48.0 Å². The molecule has 0 fully saturated rings. The lowest BCUT2D eigenvalue weighted by Gasteiger charge is -2.08. The van der Waals surface area contributed by atoms with Gasteiger partial charge < -0.3 is 15.2 Å². The number of hydrogen-bond acceptors (Lipinski definition) is 4. The Kier molecular flexibility index (Phi) is 5.98. The Bertz CT molecular complexity index is 772. The van der Waals surface area contributed by atoms with Crippen LogP contribution < -0.4 is 5.32 Å². The first kappa shape index (κ1) is 17.6. The third-order valence-electron chi connectivity index (χ3n) is 3.20. The molecule has 0 spiro atoms. The number of halogens is 1. The van der Waals surface area contributed by atoms with E-state index in [-0.39, 0.29) is 12.2 Å². The summed E-state index contributed by atoms with van der Waals surface area (Å²) in [4.78, 5) is 23.4. The molecular weight excluding hydrogens is 330 g/mol. The van der Waals surface area contributed by atoms with Crippen LogP contribution in [0.2, 0.25) is 5.02 Å². The van der Waals surface area contributed by atoms with E-state index in [0.29, 0.717) is 21.8 Å². The van der Waals surface area contributed by atoms with E-state index in [4.69, 9.17) is 11.6 Å². The molecule has 0 aliphatic carbocycles. The number of amides is 1. The minimum absolute atomic E-state index is 0.0711. The molecular formula is C18H16ClNO4. The zero-order chi connectivity index (χ0) is 17.5. The number of nitrogens with one attached hydrogen (secondary N) is 1. The van der Waals surface area contributed by atoms with Gasteiger partial charge in [-0.2, -0.15) is 0 Å². The standard InChI is InChI=1S/C18H16ClNO4/c1-24-18(23)10-12-7-8-14(19)15(9-12)20-17(22)11-16(21)13-5-3-2-4-6-13/h2-9,11,21H,10H2,1H3,(H,20,22). The molecule has 0 aromatic heterocycles. The Morgan fingerprint density at radius 2 is 1.92 bits per heavy atom. The van der Waals surface area contributed by atoms with Gasteiger partial charge in [0.05, 0.1) is 24.2 Å². The van der Waals surface area contributed by atoms with Crippen LogP contribution in [-0.2, 0) is 20.7 Å². The maximum Gasteiger partial charge on any atom is 0.309 e. The molecule has 24 heavy (non-hydrogen) atoms. The Morgan fingerprint density at radius 3 is 2.58 bits per heavy atom. The van der Waals surface area contributed by atoms with E-state index < -0.39 is 11.9 Å². The number of benzene rings is 2. The van der Waals surface area contributed by atoms with Crippen molar-refractivity contribution in [3.63, 3.8) is 0 Å². The summed E-state index contributed by atoms with van der Waals surface area (Å²) in [5.41, 5.74) is 1.52. The highest BCUT2D eigenvalue weighted by Gasteiger charge is 2.09. The van der Waals surface area contributed by atoms with Crippen LogP contribution in [0.25, 0.3) is 5.76 Å². The fourth-order valence-electron chi connectivity index (χ4n) is 2.00. The van der Waals surface area contributed by atoms with Crippen molar-refractivity contribution in [2.24, 2.45) is 0 Å². The van der Waals surface area contributed by atoms with E-state index >= 15 is 0 Å². The number of hydrogen-bond donors (Lipinski definition) is 2. The molecule has 5 nitrogen and oxygen atoms in total. The van der Waals surface area contributed by atoms with Crippen molar-refractivity contribution < 1.29 is 19.4 Å². The molecule has 0 radical (unpaired) electrons. The Morgan fingerprint density at radius 1 is 1.21 bits per heavy atom.